The molecule has 0 aliphatic carbocycles. The predicted octanol–water partition coefficient (Wildman–Crippen LogP) is 5.19. The van der Waals surface area contributed by atoms with Gasteiger partial charge in [0, 0.05) is 30.3 Å². The number of thiazole rings is 1. The number of carbonyl (C=O) groups excluding carboxylic acids is 2. The van der Waals surface area contributed by atoms with Gasteiger partial charge >= 0.3 is 0 Å². The van der Waals surface area contributed by atoms with Crippen molar-refractivity contribution in [1.29, 1.82) is 0 Å². The lowest BCUT2D eigenvalue weighted by molar-refractivity contribution is -0.116. The van der Waals surface area contributed by atoms with Gasteiger partial charge in [0.05, 0.1) is 9.21 Å². The molecule has 2 heterocycles. The van der Waals surface area contributed by atoms with Crippen molar-refractivity contribution >= 4 is 51.1 Å². The molecule has 0 unspecified atom stereocenters. The summed E-state index contributed by atoms with van der Waals surface area (Å²) < 4.78 is 13.5. The highest BCUT2D eigenvalue weighted by molar-refractivity contribution is 7.18. The van der Waals surface area contributed by atoms with E-state index in [1.807, 2.05) is 0 Å². The maximum absolute atomic E-state index is 12.9. The van der Waals surface area contributed by atoms with Crippen molar-refractivity contribution in [3.8, 4) is 0 Å². The number of aromatic nitrogens is 1. The first-order valence-corrected chi connectivity index (χ1v) is 9.78. The predicted molar refractivity (Wildman–Crippen MR) is 103 cm³/mol. The van der Waals surface area contributed by atoms with Crippen LogP contribution in [0.5, 0.6) is 0 Å². The van der Waals surface area contributed by atoms with Crippen LogP contribution >= 0.6 is 34.3 Å². The molecule has 134 valence electrons. The smallest absolute Gasteiger partial charge is 0.226 e. The van der Waals surface area contributed by atoms with Crippen LogP contribution < -0.4 is 5.32 Å². The molecule has 4 nitrogen and oxygen atoms in total. The first kappa shape index (κ1) is 18.7. The van der Waals surface area contributed by atoms with E-state index in [0.29, 0.717) is 20.8 Å². The number of halogens is 2. The van der Waals surface area contributed by atoms with Crippen LogP contribution in [-0.4, -0.2) is 16.7 Å². The Bertz CT molecular complexity index is 921. The van der Waals surface area contributed by atoms with E-state index in [2.05, 4.69) is 10.3 Å². The fourth-order valence-corrected chi connectivity index (χ4v) is 4.12. The second-order valence-electron chi connectivity index (χ2n) is 5.51. The molecule has 0 radical (unpaired) electrons. The van der Waals surface area contributed by atoms with Crippen LogP contribution in [0.15, 0.2) is 42.6 Å². The Kier molecular flexibility index (Phi) is 6.13. The molecule has 1 N–H and O–H groups in total. The third kappa shape index (κ3) is 5.20. The number of thiophene rings is 1. The average molecular weight is 409 g/mol. The number of carbonyl (C=O) groups is 2. The summed E-state index contributed by atoms with van der Waals surface area (Å²) in [7, 11) is 0. The van der Waals surface area contributed by atoms with Crippen molar-refractivity contribution in [2.45, 2.75) is 19.3 Å². The van der Waals surface area contributed by atoms with Crippen molar-refractivity contribution in [1.82, 2.24) is 4.98 Å². The lowest BCUT2D eigenvalue weighted by Crippen LogP contribution is -2.12. The second-order valence-corrected chi connectivity index (χ2v) is 8.34. The van der Waals surface area contributed by atoms with Crippen LogP contribution in [0.25, 0.3) is 0 Å². The Morgan fingerprint density at radius 2 is 1.85 bits per heavy atom. The lowest BCUT2D eigenvalue weighted by Gasteiger charge is -2.01. The van der Waals surface area contributed by atoms with E-state index in [0.717, 1.165) is 10.4 Å². The molecule has 8 heteroatoms. The van der Waals surface area contributed by atoms with Crippen molar-refractivity contribution in [3.63, 3.8) is 0 Å². The van der Waals surface area contributed by atoms with Gasteiger partial charge in [0.15, 0.2) is 10.9 Å². The molecule has 0 aliphatic heterocycles. The highest BCUT2D eigenvalue weighted by Gasteiger charge is 2.13. The normalized spacial score (nSPS) is 10.7. The maximum atomic E-state index is 12.9. The summed E-state index contributed by atoms with van der Waals surface area (Å²) in [5.74, 6) is -0.637. The summed E-state index contributed by atoms with van der Waals surface area (Å²) in [4.78, 5) is 29.7. The van der Waals surface area contributed by atoms with Crippen molar-refractivity contribution in [3.05, 3.63) is 68.1 Å². The SMILES string of the molecule is O=C(CCC(=O)c1ccc(Cl)s1)Nc1ncc(Cc2ccc(F)cc2)s1. The van der Waals surface area contributed by atoms with Crippen LogP contribution in [0.3, 0.4) is 0 Å². The quantitative estimate of drug-likeness (QED) is 0.547. The van der Waals surface area contributed by atoms with Gasteiger partial charge in [-0.15, -0.1) is 22.7 Å². The summed E-state index contributed by atoms with van der Waals surface area (Å²) in [6.45, 7) is 0. The van der Waals surface area contributed by atoms with Gasteiger partial charge in [0.25, 0.3) is 0 Å². The summed E-state index contributed by atoms with van der Waals surface area (Å²) in [5.41, 5.74) is 0.966. The lowest BCUT2D eigenvalue weighted by atomic mass is 10.1. The summed E-state index contributed by atoms with van der Waals surface area (Å²) in [5, 5.41) is 3.19. The first-order chi connectivity index (χ1) is 12.5. The van der Waals surface area contributed by atoms with Crippen molar-refractivity contribution in [2.75, 3.05) is 5.32 Å². The molecule has 1 amide bonds. The van der Waals surface area contributed by atoms with Gasteiger partial charge in [0.2, 0.25) is 5.91 Å². The molecular formula is C18H14ClFN2O2S2. The highest BCUT2D eigenvalue weighted by atomic mass is 35.5. The Labute approximate surface area is 162 Å². The number of hydrogen-bond acceptors (Lipinski definition) is 5. The van der Waals surface area contributed by atoms with E-state index in [1.54, 1.807) is 30.5 Å². The van der Waals surface area contributed by atoms with Crippen LogP contribution in [0.2, 0.25) is 4.34 Å². The molecular weight excluding hydrogens is 395 g/mol. The summed E-state index contributed by atoms with van der Waals surface area (Å²) in [6, 6.07) is 9.59. The number of benzene rings is 1. The third-order valence-electron chi connectivity index (χ3n) is 3.52. The molecule has 0 aliphatic rings. The number of rotatable bonds is 7. The zero-order valence-electron chi connectivity index (χ0n) is 13.5. The van der Waals surface area contributed by atoms with Gasteiger partial charge in [-0.05, 0) is 29.8 Å². The fourth-order valence-electron chi connectivity index (χ4n) is 2.25. The molecule has 2 aromatic heterocycles. The van der Waals surface area contributed by atoms with Gasteiger partial charge in [-0.25, -0.2) is 9.37 Å². The Morgan fingerprint density at radius 3 is 2.54 bits per heavy atom. The second kappa shape index (κ2) is 8.53. The van der Waals surface area contributed by atoms with Gasteiger partial charge in [0.1, 0.15) is 5.82 Å². The zero-order chi connectivity index (χ0) is 18.5. The Morgan fingerprint density at radius 1 is 1.08 bits per heavy atom. The molecule has 1 aromatic carbocycles. The number of nitrogens with one attached hydrogen (secondary N) is 1. The minimum Gasteiger partial charge on any atom is -0.302 e. The van der Waals surface area contributed by atoms with Crippen LogP contribution in [0.1, 0.15) is 33.0 Å². The molecule has 0 fully saturated rings. The zero-order valence-corrected chi connectivity index (χ0v) is 15.9. The molecule has 26 heavy (non-hydrogen) atoms. The summed E-state index contributed by atoms with van der Waals surface area (Å²) >= 11 is 8.37. The number of anilines is 1. The Hall–Kier alpha value is -2.09. The van der Waals surface area contributed by atoms with Crippen LogP contribution in [0, 0.1) is 5.82 Å². The standard InChI is InChI=1S/C18H14ClFN2O2S2/c19-16-7-6-15(26-16)14(23)5-8-17(24)22-18-21-10-13(25-18)9-11-1-3-12(20)4-2-11/h1-4,6-7,10H,5,8-9H2,(H,21,22,24). The van der Waals surface area contributed by atoms with Gasteiger partial charge in [-0.2, -0.15) is 0 Å². The molecule has 0 bridgehead atoms. The molecule has 3 rings (SSSR count). The van der Waals surface area contributed by atoms with E-state index < -0.39 is 0 Å². The largest absolute Gasteiger partial charge is 0.302 e. The van der Waals surface area contributed by atoms with Crippen LogP contribution in [-0.2, 0) is 11.2 Å². The third-order valence-corrected chi connectivity index (χ3v) is 5.70. The van der Waals surface area contributed by atoms with Crippen molar-refractivity contribution in [2.24, 2.45) is 0 Å². The van der Waals surface area contributed by atoms with E-state index in [4.69, 9.17) is 11.6 Å². The maximum Gasteiger partial charge on any atom is 0.226 e. The minimum atomic E-state index is -0.273. The van der Waals surface area contributed by atoms with Crippen molar-refractivity contribution < 1.29 is 14.0 Å². The van der Waals surface area contributed by atoms with Gasteiger partial charge < -0.3 is 5.32 Å². The molecule has 0 atom stereocenters. The first-order valence-electron chi connectivity index (χ1n) is 7.77. The molecule has 0 saturated heterocycles. The van der Waals surface area contributed by atoms with Gasteiger partial charge in [-0.3, -0.25) is 9.59 Å². The number of ketones is 1. The number of nitrogens with zero attached hydrogens (tertiary/aromatic N) is 1. The number of Topliss-reactive ketones (excluding diaryl/α,β-unsaturated/α-hetero) is 1. The van der Waals surface area contributed by atoms with Crippen LogP contribution in [0.4, 0.5) is 9.52 Å². The summed E-state index contributed by atoms with van der Waals surface area (Å²) in [6.07, 6.45) is 2.51. The molecule has 3 aromatic rings. The molecule has 0 saturated carbocycles. The number of amides is 1. The van der Waals surface area contributed by atoms with E-state index in [-0.39, 0.29) is 30.3 Å². The van der Waals surface area contributed by atoms with E-state index >= 15 is 0 Å². The minimum absolute atomic E-state index is 0.0846. The fraction of sp³-hybridized carbons (Fsp3) is 0.167. The topological polar surface area (TPSA) is 59.1 Å². The average Bonchev–Trinajstić information content (AvgIpc) is 3.24. The van der Waals surface area contributed by atoms with Gasteiger partial charge in [-0.1, -0.05) is 23.7 Å². The monoisotopic (exact) mass is 408 g/mol. The van der Waals surface area contributed by atoms with E-state index in [9.17, 15) is 14.0 Å². The molecule has 0 spiro atoms. The Balaban J connectivity index is 1.49. The van der Waals surface area contributed by atoms with E-state index in [1.165, 1.54) is 34.8 Å². The number of hydrogen-bond donors (Lipinski definition) is 1. The highest BCUT2D eigenvalue weighted by Crippen LogP contribution is 2.24.